The minimum Gasteiger partial charge on any atom is -0.384 e. The van der Waals surface area contributed by atoms with Crippen molar-refractivity contribution in [3.8, 4) is 0 Å². The van der Waals surface area contributed by atoms with Crippen LogP contribution in [0.4, 0.5) is 0 Å². The summed E-state index contributed by atoms with van der Waals surface area (Å²) in [6, 6.07) is 0.270. The summed E-state index contributed by atoms with van der Waals surface area (Å²) in [6.07, 6.45) is 0.127. The quantitative estimate of drug-likeness (QED) is 0.634. The average molecular weight is 186 g/mol. The predicted molar refractivity (Wildman–Crippen MR) is 50.4 cm³/mol. The highest BCUT2D eigenvalue weighted by Gasteiger charge is 2.27. The van der Waals surface area contributed by atoms with Gasteiger partial charge in [-0.05, 0) is 26.9 Å². The maximum Gasteiger partial charge on any atom is 0.251 e. The number of aliphatic hydroxyl groups is 1. The fourth-order valence-electron chi connectivity index (χ4n) is 1.70. The lowest BCUT2D eigenvalue weighted by Gasteiger charge is -2.25. The number of likely N-dealkylation sites (N-methyl/N-ethyl adjacent to an activating group) is 2. The van der Waals surface area contributed by atoms with E-state index in [9.17, 15) is 4.79 Å². The van der Waals surface area contributed by atoms with Crippen LogP contribution in [0.3, 0.4) is 0 Å². The SMILES string of the molecule is CC(O)C(=O)N(C)C1CCN(C)C1. The van der Waals surface area contributed by atoms with Gasteiger partial charge in [-0.3, -0.25) is 4.79 Å². The normalized spacial score (nSPS) is 26.0. The lowest BCUT2D eigenvalue weighted by Crippen LogP contribution is -2.43. The van der Waals surface area contributed by atoms with Crippen LogP contribution in [-0.4, -0.2) is 60.1 Å². The molecule has 0 bridgehead atoms. The smallest absolute Gasteiger partial charge is 0.251 e. The number of likely N-dealkylation sites (tertiary alicyclic amines) is 1. The van der Waals surface area contributed by atoms with Crippen molar-refractivity contribution in [2.24, 2.45) is 0 Å². The first-order valence-electron chi connectivity index (χ1n) is 4.65. The molecule has 0 radical (unpaired) electrons. The standard InChI is InChI=1S/C9H18N2O2/c1-7(12)9(13)11(3)8-4-5-10(2)6-8/h7-8,12H,4-6H2,1-3H3. The lowest BCUT2D eigenvalue weighted by atomic mass is 10.2. The van der Waals surface area contributed by atoms with E-state index in [1.165, 1.54) is 6.92 Å². The van der Waals surface area contributed by atoms with Crippen molar-refractivity contribution >= 4 is 5.91 Å². The van der Waals surface area contributed by atoms with Crippen molar-refractivity contribution in [2.75, 3.05) is 27.2 Å². The van der Waals surface area contributed by atoms with E-state index in [0.717, 1.165) is 19.5 Å². The molecule has 0 aromatic heterocycles. The Morgan fingerprint density at radius 2 is 2.31 bits per heavy atom. The molecule has 1 fully saturated rings. The van der Waals surface area contributed by atoms with Crippen LogP contribution in [0.5, 0.6) is 0 Å². The van der Waals surface area contributed by atoms with Gasteiger partial charge in [0.05, 0.1) is 0 Å². The average Bonchev–Trinajstić information content (AvgIpc) is 2.49. The highest BCUT2D eigenvalue weighted by Crippen LogP contribution is 2.13. The molecule has 4 nitrogen and oxygen atoms in total. The molecule has 1 rings (SSSR count). The second kappa shape index (κ2) is 4.07. The molecular weight excluding hydrogens is 168 g/mol. The zero-order chi connectivity index (χ0) is 10.0. The molecule has 1 saturated heterocycles. The first-order chi connectivity index (χ1) is 6.02. The Morgan fingerprint density at radius 1 is 1.69 bits per heavy atom. The van der Waals surface area contributed by atoms with E-state index in [4.69, 9.17) is 5.11 Å². The van der Waals surface area contributed by atoms with Gasteiger partial charge >= 0.3 is 0 Å². The summed E-state index contributed by atoms with van der Waals surface area (Å²) in [6.45, 7) is 3.45. The molecule has 13 heavy (non-hydrogen) atoms. The molecule has 4 heteroatoms. The van der Waals surface area contributed by atoms with Crippen LogP contribution < -0.4 is 0 Å². The second-order valence-electron chi connectivity index (χ2n) is 3.83. The Kier molecular flexibility index (Phi) is 3.27. The molecule has 1 amide bonds. The van der Waals surface area contributed by atoms with Crippen LogP contribution in [0.25, 0.3) is 0 Å². The molecule has 1 N–H and O–H groups in total. The third-order valence-corrected chi connectivity index (χ3v) is 2.62. The number of amides is 1. The highest BCUT2D eigenvalue weighted by atomic mass is 16.3. The van der Waals surface area contributed by atoms with Crippen LogP contribution in [0.1, 0.15) is 13.3 Å². The van der Waals surface area contributed by atoms with Crippen molar-refractivity contribution < 1.29 is 9.90 Å². The third kappa shape index (κ3) is 2.42. The Hall–Kier alpha value is -0.610. The Balaban J connectivity index is 2.48. The van der Waals surface area contributed by atoms with E-state index in [0.29, 0.717) is 0 Å². The Bertz CT molecular complexity index is 194. The summed E-state index contributed by atoms with van der Waals surface area (Å²) >= 11 is 0. The summed E-state index contributed by atoms with van der Waals surface area (Å²) in [7, 11) is 3.81. The molecule has 0 aliphatic carbocycles. The van der Waals surface area contributed by atoms with Gasteiger partial charge in [-0.2, -0.15) is 0 Å². The molecular formula is C9H18N2O2. The fourth-order valence-corrected chi connectivity index (χ4v) is 1.70. The Morgan fingerprint density at radius 3 is 2.69 bits per heavy atom. The molecule has 0 aromatic rings. The summed E-state index contributed by atoms with van der Waals surface area (Å²) in [5.41, 5.74) is 0. The summed E-state index contributed by atoms with van der Waals surface area (Å²) in [5, 5.41) is 9.11. The van der Waals surface area contributed by atoms with E-state index in [-0.39, 0.29) is 11.9 Å². The van der Waals surface area contributed by atoms with E-state index in [1.54, 1.807) is 11.9 Å². The first kappa shape index (κ1) is 10.5. The summed E-state index contributed by atoms with van der Waals surface area (Å²) in [5.74, 6) is -0.180. The zero-order valence-electron chi connectivity index (χ0n) is 8.53. The van der Waals surface area contributed by atoms with E-state index < -0.39 is 6.10 Å². The molecule has 0 spiro atoms. The molecule has 2 atom stereocenters. The lowest BCUT2D eigenvalue weighted by molar-refractivity contribution is -0.139. The van der Waals surface area contributed by atoms with Crippen molar-refractivity contribution in [1.82, 2.24) is 9.80 Å². The van der Waals surface area contributed by atoms with Crippen LogP contribution in [0.15, 0.2) is 0 Å². The number of carbonyl (C=O) groups excluding carboxylic acids is 1. The number of nitrogens with zero attached hydrogens (tertiary/aromatic N) is 2. The summed E-state index contributed by atoms with van der Waals surface area (Å²) in [4.78, 5) is 15.2. The number of hydrogen-bond donors (Lipinski definition) is 1. The van der Waals surface area contributed by atoms with Crippen LogP contribution in [0.2, 0.25) is 0 Å². The maximum atomic E-state index is 11.4. The first-order valence-corrected chi connectivity index (χ1v) is 4.65. The molecule has 0 saturated carbocycles. The van der Waals surface area contributed by atoms with Gasteiger partial charge in [-0.15, -0.1) is 0 Å². The van der Waals surface area contributed by atoms with Gasteiger partial charge in [0, 0.05) is 19.6 Å². The van der Waals surface area contributed by atoms with Crippen LogP contribution in [0, 0.1) is 0 Å². The monoisotopic (exact) mass is 186 g/mol. The van der Waals surface area contributed by atoms with Gasteiger partial charge in [0.15, 0.2) is 0 Å². The minimum absolute atomic E-state index is 0.180. The largest absolute Gasteiger partial charge is 0.384 e. The predicted octanol–water partition coefficient (Wildman–Crippen LogP) is -0.470. The number of carbonyl (C=O) groups is 1. The number of aliphatic hydroxyl groups excluding tert-OH is 1. The molecule has 1 aliphatic heterocycles. The van der Waals surface area contributed by atoms with Crippen molar-refractivity contribution in [1.29, 1.82) is 0 Å². The van der Waals surface area contributed by atoms with Gasteiger partial charge in [0.2, 0.25) is 0 Å². The third-order valence-electron chi connectivity index (χ3n) is 2.62. The zero-order valence-corrected chi connectivity index (χ0v) is 8.53. The van der Waals surface area contributed by atoms with E-state index >= 15 is 0 Å². The fraction of sp³-hybridized carbons (Fsp3) is 0.889. The van der Waals surface area contributed by atoms with Crippen LogP contribution >= 0.6 is 0 Å². The molecule has 1 heterocycles. The van der Waals surface area contributed by atoms with E-state index in [2.05, 4.69) is 4.90 Å². The van der Waals surface area contributed by atoms with Gasteiger partial charge in [-0.1, -0.05) is 0 Å². The van der Waals surface area contributed by atoms with Gasteiger partial charge in [0.1, 0.15) is 6.10 Å². The molecule has 0 aromatic carbocycles. The van der Waals surface area contributed by atoms with Crippen molar-refractivity contribution in [3.63, 3.8) is 0 Å². The molecule has 2 unspecified atom stereocenters. The minimum atomic E-state index is -0.879. The van der Waals surface area contributed by atoms with Crippen molar-refractivity contribution in [3.05, 3.63) is 0 Å². The van der Waals surface area contributed by atoms with Crippen LogP contribution in [-0.2, 0) is 4.79 Å². The Labute approximate surface area is 79.1 Å². The highest BCUT2D eigenvalue weighted by molar-refractivity contribution is 5.80. The second-order valence-corrected chi connectivity index (χ2v) is 3.83. The van der Waals surface area contributed by atoms with Crippen molar-refractivity contribution in [2.45, 2.75) is 25.5 Å². The van der Waals surface area contributed by atoms with Gasteiger partial charge < -0.3 is 14.9 Å². The van der Waals surface area contributed by atoms with Gasteiger partial charge in [0.25, 0.3) is 5.91 Å². The van der Waals surface area contributed by atoms with E-state index in [1.807, 2.05) is 7.05 Å². The maximum absolute atomic E-state index is 11.4. The topological polar surface area (TPSA) is 43.8 Å². The number of rotatable bonds is 2. The van der Waals surface area contributed by atoms with Gasteiger partial charge in [-0.25, -0.2) is 0 Å². The molecule has 76 valence electrons. The molecule has 1 aliphatic rings. The number of hydrogen-bond acceptors (Lipinski definition) is 3. The summed E-state index contributed by atoms with van der Waals surface area (Å²) < 4.78 is 0.